The first-order chi connectivity index (χ1) is 12.7. The molecule has 2 aromatic heterocycles. The molecule has 0 saturated heterocycles. The van der Waals surface area contributed by atoms with Gasteiger partial charge in [-0.25, -0.2) is 9.98 Å². The van der Waals surface area contributed by atoms with Crippen molar-refractivity contribution in [2.75, 3.05) is 7.11 Å². The van der Waals surface area contributed by atoms with Crippen molar-refractivity contribution >= 4 is 17.2 Å². The molecule has 0 amide bonds. The van der Waals surface area contributed by atoms with E-state index in [-0.39, 0.29) is 0 Å². The first-order valence-electron chi connectivity index (χ1n) is 8.34. The molecule has 2 aromatic carbocycles. The van der Waals surface area contributed by atoms with Crippen LogP contribution in [0.25, 0.3) is 5.65 Å². The number of aryl methyl sites for hydroxylation is 1. The van der Waals surface area contributed by atoms with Gasteiger partial charge in [-0.3, -0.25) is 4.40 Å². The van der Waals surface area contributed by atoms with Crippen molar-refractivity contribution in [2.24, 2.45) is 4.99 Å². The van der Waals surface area contributed by atoms with E-state index in [9.17, 15) is 0 Å². The van der Waals surface area contributed by atoms with Crippen molar-refractivity contribution in [1.29, 1.82) is 0 Å². The summed E-state index contributed by atoms with van der Waals surface area (Å²) in [5, 5.41) is 0. The van der Waals surface area contributed by atoms with Crippen LogP contribution in [-0.2, 0) is 0 Å². The topological polar surface area (TPSA) is 51.8 Å². The summed E-state index contributed by atoms with van der Waals surface area (Å²) in [4.78, 5) is 13.8. The lowest BCUT2D eigenvalue weighted by Crippen LogP contribution is -2.03. The molecule has 26 heavy (non-hydrogen) atoms. The number of fused-ring (bicyclic) bond motifs is 1. The monoisotopic (exact) mass is 342 g/mol. The Labute approximate surface area is 151 Å². The number of ether oxygens (including phenoxy) is 1. The highest BCUT2D eigenvalue weighted by Gasteiger charge is 2.12. The van der Waals surface area contributed by atoms with Gasteiger partial charge in [0.25, 0.3) is 5.88 Å². The zero-order valence-electron chi connectivity index (χ0n) is 14.6. The van der Waals surface area contributed by atoms with Crippen molar-refractivity contribution in [1.82, 2.24) is 14.4 Å². The molecule has 4 rings (SSSR count). The maximum absolute atomic E-state index is 5.41. The number of methoxy groups -OCH3 is 1. The number of hydrogen-bond acceptors (Lipinski definition) is 4. The van der Waals surface area contributed by atoms with Crippen molar-refractivity contribution in [3.8, 4) is 5.88 Å². The minimum atomic E-state index is 0.458. The number of aromatic nitrogens is 3. The highest BCUT2D eigenvalue weighted by atomic mass is 16.5. The molecular weight excluding hydrogens is 324 g/mol. The molecule has 0 aliphatic carbocycles. The fourth-order valence-corrected chi connectivity index (χ4v) is 2.87. The van der Waals surface area contributed by atoms with Gasteiger partial charge in [-0.05, 0) is 6.92 Å². The minimum Gasteiger partial charge on any atom is -0.478 e. The van der Waals surface area contributed by atoms with E-state index in [4.69, 9.17) is 9.73 Å². The lowest BCUT2D eigenvalue weighted by atomic mass is 10.0. The molecule has 0 aliphatic heterocycles. The maximum Gasteiger partial charge on any atom is 0.260 e. The molecule has 0 saturated carbocycles. The van der Waals surface area contributed by atoms with Crippen LogP contribution in [0.5, 0.6) is 5.88 Å². The summed E-state index contributed by atoms with van der Waals surface area (Å²) in [6.45, 7) is 1.94. The molecule has 0 fully saturated rings. The number of benzene rings is 2. The predicted molar refractivity (Wildman–Crippen MR) is 102 cm³/mol. The molecular formula is C21H18N4O. The molecule has 0 spiro atoms. The Balaban J connectivity index is 1.91. The molecule has 2 heterocycles. The van der Waals surface area contributed by atoms with E-state index in [2.05, 4.69) is 9.97 Å². The Bertz CT molecular complexity index is 1030. The summed E-state index contributed by atoms with van der Waals surface area (Å²) in [6.07, 6.45) is 3.80. The fraction of sp³-hybridized carbons (Fsp3) is 0.0952. The van der Waals surface area contributed by atoms with Gasteiger partial charge in [0.1, 0.15) is 0 Å². The van der Waals surface area contributed by atoms with Gasteiger partial charge in [0.15, 0.2) is 5.82 Å². The van der Waals surface area contributed by atoms with Gasteiger partial charge in [-0.15, -0.1) is 0 Å². The summed E-state index contributed by atoms with van der Waals surface area (Å²) < 4.78 is 7.31. The zero-order valence-corrected chi connectivity index (χ0v) is 14.6. The Morgan fingerprint density at radius 2 is 1.50 bits per heavy atom. The van der Waals surface area contributed by atoms with Gasteiger partial charge in [-0.1, -0.05) is 60.7 Å². The van der Waals surface area contributed by atoms with Crippen molar-refractivity contribution < 1.29 is 4.74 Å². The van der Waals surface area contributed by atoms with Crippen molar-refractivity contribution in [3.05, 3.63) is 89.9 Å². The minimum absolute atomic E-state index is 0.458. The second kappa shape index (κ2) is 6.80. The van der Waals surface area contributed by atoms with Crippen LogP contribution in [0.15, 0.2) is 78.0 Å². The summed E-state index contributed by atoms with van der Waals surface area (Å²) in [5.74, 6) is 1.02. The average Bonchev–Trinajstić information content (AvgIpc) is 3.07. The van der Waals surface area contributed by atoms with Gasteiger partial charge in [-0.2, -0.15) is 4.98 Å². The standard InChI is InChI=1S/C21H18N4O/c1-15-13-25-14-18(24-21(26-2)20(25)22-15)23-19(16-9-5-3-6-10-16)17-11-7-4-8-12-17/h3-14H,1-2H3. The molecule has 0 radical (unpaired) electrons. The molecule has 0 unspecified atom stereocenters. The normalized spacial score (nSPS) is 10.7. The number of hydrogen-bond donors (Lipinski definition) is 0. The van der Waals surface area contributed by atoms with E-state index < -0.39 is 0 Å². The molecule has 0 N–H and O–H groups in total. The predicted octanol–water partition coefficient (Wildman–Crippen LogP) is 4.22. The summed E-state index contributed by atoms with van der Waals surface area (Å²) >= 11 is 0. The van der Waals surface area contributed by atoms with E-state index in [1.807, 2.05) is 84.4 Å². The van der Waals surface area contributed by atoms with Crippen LogP contribution in [0.3, 0.4) is 0 Å². The smallest absolute Gasteiger partial charge is 0.260 e. The van der Waals surface area contributed by atoms with E-state index in [0.717, 1.165) is 22.5 Å². The fourth-order valence-electron chi connectivity index (χ4n) is 2.87. The Morgan fingerprint density at radius 3 is 2.08 bits per heavy atom. The second-order valence-corrected chi connectivity index (χ2v) is 5.91. The molecule has 0 atom stereocenters. The lowest BCUT2D eigenvalue weighted by molar-refractivity contribution is 0.400. The average molecular weight is 342 g/mol. The van der Waals surface area contributed by atoms with Crippen molar-refractivity contribution in [2.45, 2.75) is 6.92 Å². The zero-order chi connectivity index (χ0) is 17.9. The summed E-state index contributed by atoms with van der Waals surface area (Å²) in [5.41, 5.74) is 4.50. The molecule has 5 heteroatoms. The summed E-state index contributed by atoms with van der Waals surface area (Å²) in [7, 11) is 1.59. The van der Waals surface area contributed by atoms with Crippen molar-refractivity contribution in [3.63, 3.8) is 0 Å². The molecule has 5 nitrogen and oxygen atoms in total. The number of nitrogens with zero attached hydrogens (tertiary/aromatic N) is 4. The number of rotatable bonds is 4. The Morgan fingerprint density at radius 1 is 0.885 bits per heavy atom. The first kappa shape index (κ1) is 16.0. The van der Waals surface area contributed by atoms with Crippen LogP contribution >= 0.6 is 0 Å². The van der Waals surface area contributed by atoms with Crippen LogP contribution in [-0.4, -0.2) is 27.2 Å². The Hall–Kier alpha value is -3.47. The number of imidazole rings is 1. The molecule has 4 aromatic rings. The van der Waals surface area contributed by atoms with Crippen LogP contribution in [0.4, 0.5) is 5.82 Å². The van der Waals surface area contributed by atoms with Gasteiger partial charge < -0.3 is 4.74 Å². The van der Waals surface area contributed by atoms with Crippen LogP contribution in [0.2, 0.25) is 0 Å². The van der Waals surface area contributed by atoms with Crippen LogP contribution in [0.1, 0.15) is 16.8 Å². The number of aliphatic imine (C=N–C) groups is 1. The van der Waals surface area contributed by atoms with E-state index in [0.29, 0.717) is 17.3 Å². The first-order valence-corrected chi connectivity index (χ1v) is 8.34. The third kappa shape index (κ3) is 3.07. The third-order valence-electron chi connectivity index (χ3n) is 4.03. The molecule has 0 bridgehead atoms. The maximum atomic E-state index is 5.41. The van der Waals surface area contributed by atoms with E-state index in [1.54, 1.807) is 7.11 Å². The molecule has 0 aliphatic rings. The quantitative estimate of drug-likeness (QED) is 0.522. The van der Waals surface area contributed by atoms with Gasteiger partial charge in [0.05, 0.1) is 24.7 Å². The van der Waals surface area contributed by atoms with Gasteiger partial charge in [0.2, 0.25) is 5.65 Å². The Kier molecular flexibility index (Phi) is 4.19. The lowest BCUT2D eigenvalue weighted by Gasteiger charge is -2.08. The van der Waals surface area contributed by atoms with Gasteiger partial charge in [0, 0.05) is 17.3 Å². The highest BCUT2D eigenvalue weighted by Crippen LogP contribution is 2.23. The van der Waals surface area contributed by atoms with Crippen LogP contribution in [0, 0.1) is 6.92 Å². The van der Waals surface area contributed by atoms with Crippen LogP contribution < -0.4 is 4.74 Å². The largest absolute Gasteiger partial charge is 0.478 e. The van der Waals surface area contributed by atoms with E-state index in [1.165, 1.54) is 0 Å². The second-order valence-electron chi connectivity index (χ2n) is 5.91. The summed E-state index contributed by atoms with van der Waals surface area (Å²) in [6, 6.07) is 20.2. The van der Waals surface area contributed by atoms with Gasteiger partial charge >= 0.3 is 0 Å². The molecule has 128 valence electrons. The highest BCUT2D eigenvalue weighted by molar-refractivity contribution is 6.13. The van der Waals surface area contributed by atoms with E-state index >= 15 is 0 Å². The SMILES string of the molecule is COc1nc(N=C(c2ccccc2)c2ccccc2)cn2cc(C)nc12. The third-order valence-corrected chi connectivity index (χ3v) is 4.03.